The van der Waals surface area contributed by atoms with E-state index in [2.05, 4.69) is 4.74 Å². The van der Waals surface area contributed by atoms with Gasteiger partial charge in [0.15, 0.2) is 0 Å². The number of carboxylic acid groups (broad SMARTS) is 2. The number of hydrogen-bond acceptors (Lipinski definition) is 3. The molecule has 0 aromatic carbocycles. The molecule has 0 aliphatic heterocycles. The maximum absolute atomic E-state index is 10.2. The third-order valence-electron chi connectivity index (χ3n) is 1.22. The highest BCUT2D eigenvalue weighted by atomic mass is 16.5. The lowest BCUT2D eigenvalue weighted by Crippen LogP contribution is -2.45. The summed E-state index contributed by atoms with van der Waals surface area (Å²) in [5.74, 6) is -3.02. The summed E-state index contributed by atoms with van der Waals surface area (Å²) in [6.07, 6.45) is 0. The van der Waals surface area contributed by atoms with E-state index in [1.54, 1.807) is 0 Å². The Kier molecular flexibility index (Phi) is 2.36. The molecule has 0 bridgehead atoms. The van der Waals surface area contributed by atoms with Gasteiger partial charge in [-0.05, 0) is 6.92 Å². The number of aliphatic carboxylic acids is 2. The molecule has 2 N–H and O–H groups in total. The van der Waals surface area contributed by atoms with E-state index in [0.29, 0.717) is 0 Å². The van der Waals surface area contributed by atoms with E-state index in [1.165, 1.54) is 0 Å². The average Bonchev–Trinajstić information content (AvgIpc) is 1.85. The number of hydrogen-bond donors (Lipinski definition) is 2. The van der Waals surface area contributed by atoms with Gasteiger partial charge in [-0.1, -0.05) is 0 Å². The molecule has 0 atom stereocenters. The maximum atomic E-state index is 10.2. The van der Waals surface area contributed by atoms with Gasteiger partial charge in [-0.3, -0.25) is 0 Å². The van der Waals surface area contributed by atoms with Gasteiger partial charge < -0.3 is 14.9 Å². The molecule has 0 radical (unpaired) electrons. The number of methoxy groups -OCH3 is 1. The number of carboxylic acids is 2. The van der Waals surface area contributed by atoms with E-state index in [4.69, 9.17) is 10.2 Å². The highest BCUT2D eigenvalue weighted by Gasteiger charge is 2.41. The molecule has 0 fully saturated rings. The summed E-state index contributed by atoms with van der Waals surface area (Å²) in [6.45, 7) is 0.970. The summed E-state index contributed by atoms with van der Waals surface area (Å²) in [6, 6.07) is 0. The van der Waals surface area contributed by atoms with Crippen molar-refractivity contribution in [1.29, 1.82) is 0 Å². The van der Waals surface area contributed by atoms with Crippen LogP contribution in [0.25, 0.3) is 0 Å². The normalized spacial score (nSPS) is 11.0. The number of carbonyl (C=O) groups is 2. The van der Waals surface area contributed by atoms with Crippen LogP contribution in [0.5, 0.6) is 0 Å². The van der Waals surface area contributed by atoms with Gasteiger partial charge in [0.1, 0.15) is 0 Å². The molecule has 10 heavy (non-hydrogen) atoms. The molecule has 58 valence electrons. The van der Waals surface area contributed by atoms with Crippen LogP contribution in [0.15, 0.2) is 0 Å². The van der Waals surface area contributed by atoms with Crippen molar-refractivity contribution in [3.05, 3.63) is 0 Å². The molecule has 0 heterocycles. The molecular formula is C5H8O5. The van der Waals surface area contributed by atoms with Gasteiger partial charge in [0.05, 0.1) is 0 Å². The van der Waals surface area contributed by atoms with Crippen LogP contribution >= 0.6 is 0 Å². The highest BCUT2D eigenvalue weighted by molar-refractivity contribution is 6.01. The summed E-state index contributed by atoms with van der Waals surface area (Å²) in [7, 11) is 1.03. The Bertz CT molecular complexity index is 147. The predicted molar refractivity (Wildman–Crippen MR) is 30.7 cm³/mol. The van der Waals surface area contributed by atoms with Crippen LogP contribution in [-0.2, 0) is 14.3 Å². The lowest BCUT2D eigenvalue weighted by molar-refractivity contribution is -0.177. The van der Waals surface area contributed by atoms with Gasteiger partial charge in [-0.2, -0.15) is 0 Å². The van der Waals surface area contributed by atoms with Crippen molar-refractivity contribution in [2.45, 2.75) is 12.5 Å². The van der Waals surface area contributed by atoms with Crippen LogP contribution in [0.1, 0.15) is 6.92 Å². The maximum Gasteiger partial charge on any atom is 0.347 e. The van der Waals surface area contributed by atoms with Crippen LogP contribution in [0.4, 0.5) is 0 Å². The monoisotopic (exact) mass is 148 g/mol. The van der Waals surface area contributed by atoms with E-state index in [0.717, 1.165) is 14.0 Å². The van der Waals surface area contributed by atoms with Crippen molar-refractivity contribution >= 4 is 11.9 Å². The smallest absolute Gasteiger partial charge is 0.347 e. The largest absolute Gasteiger partial charge is 0.479 e. The molecule has 0 unspecified atom stereocenters. The summed E-state index contributed by atoms with van der Waals surface area (Å²) >= 11 is 0. The molecule has 5 nitrogen and oxygen atoms in total. The lowest BCUT2D eigenvalue weighted by Gasteiger charge is -2.16. The van der Waals surface area contributed by atoms with Crippen molar-refractivity contribution in [1.82, 2.24) is 0 Å². The molecule has 0 aliphatic rings. The summed E-state index contributed by atoms with van der Waals surface area (Å²) < 4.78 is 4.26. The molecule has 0 rings (SSSR count). The van der Waals surface area contributed by atoms with Gasteiger partial charge in [-0.25, -0.2) is 9.59 Å². The SMILES string of the molecule is COC(C)(C(=O)O)C(=O)O. The zero-order chi connectivity index (χ0) is 8.36. The fourth-order valence-electron chi connectivity index (χ4n) is 0.266. The van der Waals surface area contributed by atoms with Crippen molar-refractivity contribution in [2.24, 2.45) is 0 Å². The predicted octanol–water partition coefficient (Wildman–Crippen LogP) is -0.439. The fourth-order valence-corrected chi connectivity index (χ4v) is 0.266. The quantitative estimate of drug-likeness (QED) is 0.530. The molecular weight excluding hydrogens is 140 g/mol. The zero-order valence-electron chi connectivity index (χ0n) is 5.62. The number of rotatable bonds is 3. The van der Waals surface area contributed by atoms with Crippen molar-refractivity contribution in [3.63, 3.8) is 0 Å². The molecule has 0 aromatic rings. The minimum atomic E-state index is -2.12. The Hall–Kier alpha value is -1.10. The Labute approximate surface area is 57.2 Å². The van der Waals surface area contributed by atoms with Crippen LogP contribution in [0.2, 0.25) is 0 Å². The molecule has 0 aliphatic carbocycles. The molecule has 0 saturated carbocycles. The van der Waals surface area contributed by atoms with Gasteiger partial charge >= 0.3 is 11.9 Å². The average molecular weight is 148 g/mol. The van der Waals surface area contributed by atoms with Crippen LogP contribution in [0, 0.1) is 0 Å². The third-order valence-corrected chi connectivity index (χ3v) is 1.22. The summed E-state index contributed by atoms with van der Waals surface area (Å²) in [5.41, 5.74) is -2.12. The second kappa shape index (κ2) is 2.66. The Morgan fingerprint density at radius 3 is 1.60 bits per heavy atom. The second-order valence-corrected chi connectivity index (χ2v) is 1.85. The lowest BCUT2D eigenvalue weighted by atomic mass is 10.1. The Balaban J connectivity index is 4.55. The van der Waals surface area contributed by atoms with E-state index in [1.807, 2.05) is 0 Å². The summed E-state index contributed by atoms with van der Waals surface area (Å²) in [4.78, 5) is 20.4. The van der Waals surface area contributed by atoms with Crippen LogP contribution in [-0.4, -0.2) is 34.9 Å². The van der Waals surface area contributed by atoms with Crippen molar-refractivity contribution < 1.29 is 24.5 Å². The standard InChI is InChI=1S/C5H8O5/c1-5(10-2,3(6)7)4(8)9/h1-2H3,(H,6,7)(H,8,9). The van der Waals surface area contributed by atoms with Crippen LogP contribution < -0.4 is 0 Å². The summed E-state index contributed by atoms with van der Waals surface area (Å²) in [5, 5.41) is 16.6. The highest BCUT2D eigenvalue weighted by Crippen LogP contribution is 2.08. The van der Waals surface area contributed by atoms with Crippen molar-refractivity contribution in [3.8, 4) is 0 Å². The second-order valence-electron chi connectivity index (χ2n) is 1.85. The molecule has 5 heteroatoms. The molecule has 0 saturated heterocycles. The topological polar surface area (TPSA) is 83.8 Å². The Morgan fingerprint density at radius 2 is 1.60 bits per heavy atom. The third kappa shape index (κ3) is 1.24. The van der Waals surface area contributed by atoms with E-state index >= 15 is 0 Å². The molecule has 0 spiro atoms. The Morgan fingerprint density at radius 1 is 1.30 bits per heavy atom. The fraction of sp³-hybridized carbons (Fsp3) is 0.600. The van der Waals surface area contributed by atoms with Crippen molar-refractivity contribution in [2.75, 3.05) is 7.11 Å². The molecule has 0 amide bonds. The first-order valence-electron chi connectivity index (χ1n) is 2.47. The minimum absolute atomic E-state index is 0.970. The van der Waals surface area contributed by atoms with E-state index < -0.39 is 17.5 Å². The zero-order valence-corrected chi connectivity index (χ0v) is 5.62. The van der Waals surface area contributed by atoms with Crippen LogP contribution in [0.3, 0.4) is 0 Å². The van der Waals surface area contributed by atoms with Gasteiger partial charge in [0, 0.05) is 7.11 Å². The van der Waals surface area contributed by atoms with Gasteiger partial charge in [-0.15, -0.1) is 0 Å². The first kappa shape index (κ1) is 8.90. The van der Waals surface area contributed by atoms with Gasteiger partial charge in [0.25, 0.3) is 5.60 Å². The minimum Gasteiger partial charge on any atom is -0.479 e. The first-order valence-corrected chi connectivity index (χ1v) is 2.47. The molecule has 0 aromatic heterocycles. The van der Waals surface area contributed by atoms with Gasteiger partial charge in [0.2, 0.25) is 0 Å². The number of ether oxygens (including phenoxy) is 1. The van der Waals surface area contributed by atoms with E-state index in [9.17, 15) is 9.59 Å². The first-order chi connectivity index (χ1) is 4.45. The van der Waals surface area contributed by atoms with E-state index in [-0.39, 0.29) is 0 Å².